The molecule has 0 aromatic heterocycles. The van der Waals surface area contributed by atoms with Crippen LogP contribution in [0.15, 0.2) is 24.3 Å². The zero-order chi connectivity index (χ0) is 16.1. The van der Waals surface area contributed by atoms with Gasteiger partial charge in [0.1, 0.15) is 5.75 Å². The lowest BCUT2D eigenvalue weighted by Gasteiger charge is -2.31. The molecule has 1 aromatic carbocycles. The summed E-state index contributed by atoms with van der Waals surface area (Å²) in [5.41, 5.74) is 2.87. The number of nitrogens with zero attached hydrogens (tertiary/aromatic N) is 1. The Balaban J connectivity index is 2.10. The minimum atomic E-state index is -0.648. The first-order valence-electron chi connectivity index (χ1n) is 6.97. The highest BCUT2D eigenvalue weighted by Gasteiger charge is 2.33. The fourth-order valence-corrected chi connectivity index (χ4v) is 2.23. The monoisotopic (exact) mass is 306 g/mol. The molecular formula is C15H18N2O5. The summed E-state index contributed by atoms with van der Waals surface area (Å²) in [5, 5.41) is 1.14. The maximum atomic E-state index is 12.4. The SMILES string of the molecule is CCOc1ccc(C(=O)N2CC(C(=O)OC)CC(=O)N2)cc1. The summed E-state index contributed by atoms with van der Waals surface area (Å²) in [4.78, 5) is 35.6. The van der Waals surface area contributed by atoms with Crippen molar-refractivity contribution in [1.29, 1.82) is 0 Å². The molecule has 1 saturated heterocycles. The van der Waals surface area contributed by atoms with Crippen molar-refractivity contribution < 1.29 is 23.9 Å². The number of nitrogens with one attached hydrogen (secondary N) is 1. The minimum Gasteiger partial charge on any atom is -0.494 e. The molecule has 1 unspecified atom stereocenters. The molecule has 2 rings (SSSR count). The number of carbonyl (C=O) groups is 3. The van der Waals surface area contributed by atoms with Gasteiger partial charge in [0.05, 0.1) is 26.2 Å². The molecule has 7 heteroatoms. The van der Waals surface area contributed by atoms with E-state index in [0.29, 0.717) is 17.9 Å². The van der Waals surface area contributed by atoms with E-state index in [1.807, 2.05) is 6.92 Å². The first-order valence-corrected chi connectivity index (χ1v) is 6.97. The largest absolute Gasteiger partial charge is 0.494 e. The van der Waals surface area contributed by atoms with Gasteiger partial charge >= 0.3 is 5.97 Å². The van der Waals surface area contributed by atoms with Gasteiger partial charge in [0.15, 0.2) is 0 Å². The quantitative estimate of drug-likeness (QED) is 0.830. The average Bonchev–Trinajstić information content (AvgIpc) is 2.54. The standard InChI is InChI=1S/C15H18N2O5/c1-3-22-12-6-4-10(5-7-12)14(19)17-9-11(15(20)21-2)8-13(18)16-17/h4-7,11H,3,8-9H2,1-2H3,(H,16,18). The van der Waals surface area contributed by atoms with Crippen molar-refractivity contribution in [2.75, 3.05) is 20.3 Å². The molecule has 1 N–H and O–H groups in total. The topological polar surface area (TPSA) is 84.9 Å². The number of benzene rings is 1. The van der Waals surface area contributed by atoms with Crippen molar-refractivity contribution in [3.8, 4) is 5.75 Å². The Labute approximate surface area is 128 Å². The number of hydrazine groups is 1. The first-order chi connectivity index (χ1) is 10.5. The summed E-state index contributed by atoms with van der Waals surface area (Å²) in [6.45, 7) is 2.50. The number of esters is 1. The van der Waals surface area contributed by atoms with E-state index in [-0.39, 0.29) is 24.8 Å². The average molecular weight is 306 g/mol. The number of rotatable bonds is 4. The molecule has 1 fully saturated rings. The maximum absolute atomic E-state index is 12.4. The number of hydrogen-bond donors (Lipinski definition) is 1. The van der Waals surface area contributed by atoms with Crippen LogP contribution in [-0.4, -0.2) is 43.1 Å². The molecule has 1 atom stereocenters. The lowest BCUT2D eigenvalue weighted by molar-refractivity contribution is -0.151. The Hall–Kier alpha value is -2.57. The lowest BCUT2D eigenvalue weighted by Crippen LogP contribution is -2.54. The molecule has 1 aliphatic heterocycles. The smallest absolute Gasteiger partial charge is 0.311 e. The normalized spacial score (nSPS) is 17.6. The van der Waals surface area contributed by atoms with Crippen molar-refractivity contribution in [1.82, 2.24) is 10.4 Å². The second-order valence-electron chi connectivity index (χ2n) is 4.83. The van der Waals surface area contributed by atoms with Crippen LogP contribution in [0.3, 0.4) is 0 Å². The molecule has 0 saturated carbocycles. The van der Waals surface area contributed by atoms with Crippen molar-refractivity contribution in [2.45, 2.75) is 13.3 Å². The van der Waals surface area contributed by atoms with Gasteiger partial charge in [-0.15, -0.1) is 0 Å². The van der Waals surface area contributed by atoms with Crippen molar-refractivity contribution >= 4 is 17.8 Å². The number of ether oxygens (including phenoxy) is 2. The molecule has 1 heterocycles. The van der Waals surface area contributed by atoms with Gasteiger partial charge < -0.3 is 9.47 Å². The van der Waals surface area contributed by atoms with Gasteiger partial charge in [-0.2, -0.15) is 0 Å². The predicted molar refractivity (Wildman–Crippen MR) is 76.9 cm³/mol. The Morgan fingerprint density at radius 3 is 2.59 bits per heavy atom. The molecule has 0 spiro atoms. The van der Waals surface area contributed by atoms with E-state index in [1.54, 1.807) is 24.3 Å². The molecule has 7 nitrogen and oxygen atoms in total. The second-order valence-corrected chi connectivity index (χ2v) is 4.83. The van der Waals surface area contributed by atoms with E-state index in [1.165, 1.54) is 7.11 Å². The van der Waals surface area contributed by atoms with Gasteiger partial charge in [-0.25, -0.2) is 5.01 Å². The third-order valence-corrected chi connectivity index (χ3v) is 3.29. The van der Waals surface area contributed by atoms with Crippen LogP contribution >= 0.6 is 0 Å². The number of amides is 2. The van der Waals surface area contributed by atoms with Crippen molar-refractivity contribution in [3.63, 3.8) is 0 Å². The van der Waals surface area contributed by atoms with E-state index in [4.69, 9.17) is 4.74 Å². The third-order valence-electron chi connectivity index (χ3n) is 3.29. The van der Waals surface area contributed by atoms with Crippen LogP contribution in [0.2, 0.25) is 0 Å². The van der Waals surface area contributed by atoms with Crippen LogP contribution in [0.1, 0.15) is 23.7 Å². The molecule has 0 radical (unpaired) electrons. The third kappa shape index (κ3) is 3.55. The van der Waals surface area contributed by atoms with Crippen LogP contribution in [0.5, 0.6) is 5.75 Å². The van der Waals surface area contributed by atoms with Crippen LogP contribution < -0.4 is 10.2 Å². The van der Waals surface area contributed by atoms with E-state index < -0.39 is 11.9 Å². The fourth-order valence-electron chi connectivity index (χ4n) is 2.23. The van der Waals surface area contributed by atoms with E-state index in [9.17, 15) is 14.4 Å². The predicted octanol–water partition coefficient (Wildman–Crippen LogP) is 0.752. The zero-order valence-electron chi connectivity index (χ0n) is 12.5. The Kier molecular flexibility index (Phi) is 4.98. The van der Waals surface area contributed by atoms with Gasteiger partial charge in [-0.3, -0.25) is 19.8 Å². The van der Waals surface area contributed by atoms with Crippen LogP contribution in [-0.2, 0) is 14.3 Å². The lowest BCUT2D eigenvalue weighted by atomic mass is 10.0. The van der Waals surface area contributed by atoms with E-state index in [0.717, 1.165) is 5.01 Å². The van der Waals surface area contributed by atoms with Crippen molar-refractivity contribution in [3.05, 3.63) is 29.8 Å². The summed E-state index contributed by atoms with van der Waals surface area (Å²) in [5.74, 6) is -1.26. The summed E-state index contributed by atoms with van der Waals surface area (Å²) < 4.78 is 9.95. The molecule has 118 valence electrons. The van der Waals surface area contributed by atoms with E-state index in [2.05, 4.69) is 10.2 Å². The Bertz CT molecular complexity index is 570. The number of hydrogen-bond acceptors (Lipinski definition) is 5. The summed E-state index contributed by atoms with van der Waals surface area (Å²) in [6.07, 6.45) is 0.0136. The second kappa shape index (κ2) is 6.93. The molecule has 0 bridgehead atoms. The molecule has 2 amide bonds. The molecular weight excluding hydrogens is 288 g/mol. The highest BCUT2D eigenvalue weighted by atomic mass is 16.5. The minimum absolute atomic E-state index is 0.0136. The summed E-state index contributed by atoms with van der Waals surface area (Å²) in [7, 11) is 1.26. The highest BCUT2D eigenvalue weighted by Crippen LogP contribution is 2.17. The van der Waals surface area contributed by atoms with Gasteiger partial charge in [0, 0.05) is 12.0 Å². The van der Waals surface area contributed by atoms with Gasteiger partial charge in [0.2, 0.25) is 5.91 Å². The molecule has 0 aliphatic carbocycles. The Morgan fingerprint density at radius 1 is 1.32 bits per heavy atom. The number of methoxy groups -OCH3 is 1. The Morgan fingerprint density at radius 2 is 2.00 bits per heavy atom. The van der Waals surface area contributed by atoms with Gasteiger partial charge in [-0.1, -0.05) is 0 Å². The molecule has 1 aromatic rings. The fraction of sp³-hybridized carbons (Fsp3) is 0.400. The zero-order valence-corrected chi connectivity index (χ0v) is 12.5. The maximum Gasteiger partial charge on any atom is 0.311 e. The van der Waals surface area contributed by atoms with Crippen LogP contribution in [0.25, 0.3) is 0 Å². The van der Waals surface area contributed by atoms with Gasteiger partial charge in [-0.05, 0) is 31.2 Å². The number of carbonyl (C=O) groups excluding carboxylic acids is 3. The van der Waals surface area contributed by atoms with E-state index >= 15 is 0 Å². The first kappa shape index (κ1) is 15.8. The van der Waals surface area contributed by atoms with Crippen LogP contribution in [0, 0.1) is 5.92 Å². The summed E-state index contributed by atoms with van der Waals surface area (Å²) >= 11 is 0. The highest BCUT2D eigenvalue weighted by molar-refractivity contribution is 5.97. The van der Waals surface area contributed by atoms with Crippen LogP contribution in [0.4, 0.5) is 0 Å². The molecule has 22 heavy (non-hydrogen) atoms. The summed E-state index contributed by atoms with van der Waals surface area (Å²) in [6, 6.07) is 6.59. The van der Waals surface area contributed by atoms with Crippen molar-refractivity contribution in [2.24, 2.45) is 5.92 Å². The molecule has 1 aliphatic rings. The van der Waals surface area contributed by atoms with Gasteiger partial charge in [0.25, 0.3) is 5.91 Å².